The van der Waals surface area contributed by atoms with Crippen LogP contribution in [0.25, 0.3) is 11.1 Å². The molecule has 0 spiro atoms. The highest BCUT2D eigenvalue weighted by Gasteiger charge is 2.30. The van der Waals surface area contributed by atoms with E-state index in [2.05, 4.69) is 22.8 Å². The number of carboxylic acid groups (broad SMARTS) is 1. The number of methoxy groups -OCH3 is 1. The molecule has 2 amide bonds. The van der Waals surface area contributed by atoms with Gasteiger partial charge in [0.2, 0.25) is 5.91 Å². The van der Waals surface area contributed by atoms with Crippen LogP contribution >= 0.6 is 0 Å². The minimum atomic E-state index is -1.11. The van der Waals surface area contributed by atoms with Gasteiger partial charge < -0.3 is 25.2 Å². The van der Waals surface area contributed by atoms with E-state index >= 15 is 0 Å². The van der Waals surface area contributed by atoms with Gasteiger partial charge in [0.15, 0.2) is 0 Å². The quantitative estimate of drug-likeness (QED) is 0.480. The normalized spacial score (nSPS) is 14.0. The van der Waals surface area contributed by atoms with Gasteiger partial charge in [-0.3, -0.25) is 4.79 Å². The molecule has 8 heteroatoms. The molecule has 0 aromatic heterocycles. The zero-order valence-corrected chi connectivity index (χ0v) is 18.9. The minimum Gasteiger partial charge on any atom is -0.480 e. The molecule has 2 aromatic rings. The number of nitrogens with one attached hydrogen (secondary N) is 2. The van der Waals surface area contributed by atoms with E-state index in [0.29, 0.717) is 12.8 Å². The fourth-order valence-corrected chi connectivity index (χ4v) is 4.11. The van der Waals surface area contributed by atoms with Crippen LogP contribution in [-0.4, -0.2) is 55.5 Å². The van der Waals surface area contributed by atoms with Crippen LogP contribution in [0.4, 0.5) is 4.79 Å². The molecule has 0 heterocycles. The number of hydrogen-bond donors (Lipinski definition) is 3. The number of fused-ring (bicyclic) bond motifs is 3. The van der Waals surface area contributed by atoms with Gasteiger partial charge in [0.05, 0.1) is 0 Å². The molecule has 33 heavy (non-hydrogen) atoms. The Morgan fingerprint density at radius 3 is 2.09 bits per heavy atom. The molecule has 0 radical (unpaired) electrons. The van der Waals surface area contributed by atoms with Gasteiger partial charge in [0.25, 0.3) is 0 Å². The predicted octanol–water partition coefficient (Wildman–Crippen LogP) is 3.30. The molecule has 8 nitrogen and oxygen atoms in total. The molecular formula is C25H30N2O6. The van der Waals surface area contributed by atoms with Gasteiger partial charge in [-0.2, -0.15) is 0 Å². The Kier molecular flexibility index (Phi) is 8.43. The van der Waals surface area contributed by atoms with Gasteiger partial charge in [-0.05, 0) is 28.7 Å². The molecular weight excluding hydrogens is 424 g/mol. The second-order valence-electron chi connectivity index (χ2n) is 7.99. The molecule has 2 aromatic carbocycles. The van der Waals surface area contributed by atoms with Crippen molar-refractivity contribution in [3.05, 3.63) is 59.7 Å². The second kappa shape index (κ2) is 11.5. The Morgan fingerprint density at radius 2 is 1.55 bits per heavy atom. The maximum absolute atomic E-state index is 12.7. The number of hydrogen-bond acceptors (Lipinski definition) is 5. The maximum atomic E-state index is 12.7. The lowest BCUT2D eigenvalue weighted by molar-refractivity contribution is -0.142. The first-order chi connectivity index (χ1) is 16.0. The van der Waals surface area contributed by atoms with E-state index in [1.807, 2.05) is 43.3 Å². The van der Waals surface area contributed by atoms with Crippen molar-refractivity contribution >= 4 is 18.0 Å². The zero-order valence-electron chi connectivity index (χ0n) is 18.9. The van der Waals surface area contributed by atoms with Crippen molar-refractivity contribution in [3.63, 3.8) is 0 Å². The SMILES string of the molecule is CCC[C@@H](NC(=O)C(CCOC)NC(=O)OCC1c2ccccc2-c2ccccc21)C(=O)O. The number of carboxylic acids is 1. The third-order valence-electron chi connectivity index (χ3n) is 5.75. The highest BCUT2D eigenvalue weighted by Crippen LogP contribution is 2.44. The number of alkyl carbamates (subject to hydrolysis) is 1. The van der Waals surface area contributed by atoms with Gasteiger partial charge in [-0.15, -0.1) is 0 Å². The van der Waals surface area contributed by atoms with Crippen molar-refractivity contribution in [3.8, 4) is 11.1 Å². The average molecular weight is 455 g/mol. The van der Waals surface area contributed by atoms with Crippen LogP contribution < -0.4 is 10.6 Å². The summed E-state index contributed by atoms with van der Waals surface area (Å²) in [5.74, 6) is -1.80. The first kappa shape index (κ1) is 24.3. The monoisotopic (exact) mass is 454 g/mol. The van der Waals surface area contributed by atoms with E-state index in [4.69, 9.17) is 9.47 Å². The first-order valence-electron chi connectivity index (χ1n) is 11.1. The van der Waals surface area contributed by atoms with E-state index in [-0.39, 0.29) is 25.6 Å². The summed E-state index contributed by atoms with van der Waals surface area (Å²) in [6.45, 7) is 2.17. The van der Waals surface area contributed by atoms with Crippen LogP contribution in [0.5, 0.6) is 0 Å². The Hall–Kier alpha value is -3.39. The zero-order chi connectivity index (χ0) is 23.8. The van der Waals surface area contributed by atoms with Crippen molar-refractivity contribution in [2.75, 3.05) is 20.3 Å². The van der Waals surface area contributed by atoms with Crippen LogP contribution in [0.3, 0.4) is 0 Å². The molecule has 1 unspecified atom stereocenters. The van der Waals surface area contributed by atoms with Crippen LogP contribution in [0.2, 0.25) is 0 Å². The first-order valence-corrected chi connectivity index (χ1v) is 11.1. The standard InChI is InChI=1S/C25H30N2O6/c1-3-8-22(24(29)30)26-23(28)21(13-14-32-2)27-25(31)33-15-20-18-11-6-4-9-16(18)17-10-5-7-12-19(17)20/h4-7,9-12,20-22H,3,8,13-15H2,1-2H3,(H,26,28)(H,27,31)(H,29,30)/t21?,22-/m1/s1. The largest absolute Gasteiger partial charge is 0.480 e. The molecule has 3 rings (SSSR count). The van der Waals surface area contributed by atoms with E-state index < -0.39 is 30.1 Å². The summed E-state index contributed by atoms with van der Waals surface area (Å²) < 4.78 is 10.5. The number of benzene rings is 2. The predicted molar refractivity (Wildman–Crippen MR) is 123 cm³/mol. The van der Waals surface area contributed by atoms with E-state index in [1.54, 1.807) is 0 Å². The lowest BCUT2D eigenvalue weighted by atomic mass is 9.98. The topological polar surface area (TPSA) is 114 Å². The van der Waals surface area contributed by atoms with Crippen LogP contribution in [0, 0.1) is 0 Å². The molecule has 3 N–H and O–H groups in total. The fourth-order valence-electron chi connectivity index (χ4n) is 4.11. The third kappa shape index (κ3) is 5.90. The number of rotatable bonds is 11. The second-order valence-corrected chi connectivity index (χ2v) is 7.99. The summed E-state index contributed by atoms with van der Waals surface area (Å²) >= 11 is 0. The average Bonchev–Trinajstić information content (AvgIpc) is 3.13. The third-order valence-corrected chi connectivity index (χ3v) is 5.75. The van der Waals surface area contributed by atoms with Crippen molar-refractivity contribution in [1.29, 1.82) is 0 Å². The summed E-state index contributed by atoms with van der Waals surface area (Å²) in [6.07, 6.45) is 0.337. The van der Waals surface area contributed by atoms with Crippen LogP contribution in [0.1, 0.15) is 43.2 Å². The van der Waals surface area contributed by atoms with Crippen molar-refractivity contribution < 1.29 is 29.0 Å². The summed E-state index contributed by atoms with van der Waals surface area (Å²) in [5.41, 5.74) is 4.42. The smallest absolute Gasteiger partial charge is 0.407 e. The molecule has 2 atom stereocenters. The van der Waals surface area contributed by atoms with E-state index in [1.165, 1.54) is 7.11 Å². The van der Waals surface area contributed by atoms with Crippen LogP contribution in [0.15, 0.2) is 48.5 Å². The Labute approximate surface area is 193 Å². The molecule has 1 aliphatic rings. The van der Waals surface area contributed by atoms with E-state index in [9.17, 15) is 19.5 Å². The lowest BCUT2D eigenvalue weighted by Gasteiger charge is -2.21. The maximum Gasteiger partial charge on any atom is 0.407 e. The van der Waals surface area contributed by atoms with Crippen molar-refractivity contribution in [2.45, 2.75) is 44.2 Å². The van der Waals surface area contributed by atoms with Crippen molar-refractivity contribution in [2.24, 2.45) is 0 Å². The Bertz CT molecular complexity index is 947. The van der Waals surface area contributed by atoms with Crippen LogP contribution in [-0.2, 0) is 19.1 Å². The summed E-state index contributed by atoms with van der Waals surface area (Å²) in [6, 6.07) is 14.0. The van der Waals surface area contributed by atoms with Gasteiger partial charge in [0.1, 0.15) is 18.7 Å². The van der Waals surface area contributed by atoms with E-state index in [0.717, 1.165) is 22.3 Å². The van der Waals surface area contributed by atoms with Gasteiger partial charge in [0, 0.05) is 26.1 Å². The number of carbonyl (C=O) groups excluding carboxylic acids is 2. The lowest BCUT2D eigenvalue weighted by Crippen LogP contribution is -2.52. The number of ether oxygens (including phenoxy) is 2. The Morgan fingerprint density at radius 1 is 0.939 bits per heavy atom. The molecule has 0 saturated carbocycles. The highest BCUT2D eigenvalue weighted by molar-refractivity contribution is 5.89. The number of carbonyl (C=O) groups is 3. The minimum absolute atomic E-state index is 0.102. The van der Waals surface area contributed by atoms with Crippen molar-refractivity contribution in [1.82, 2.24) is 10.6 Å². The molecule has 0 aliphatic heterocycles. The summed E-state index contributed by atoms with van der Waals surface area (Å²) in [7, 11) is 1.49. The molecule has 0 saturated heterocycles. The van der Waals surface area contributed by atoms with Gasteiger partial charge in [-0.1, -0.05) is 61.9 Å². The highest BCUT2D eigenvalue weighted by atomic mass is 16.5. The molecule has 0 fully saturated rings. The fraction of sp³-hybridized carbons (Fsp3) is 0.400. The number of aliphatic carboxylic acids is 1. The van der Waals surface area contributed by atoms with Gasteiger partial charge in [-0.25, -0.2) is 9.59 Å². The Balaban J connectivity index is 1.65. The van der Waals surface area contributed by atoms with Gasteiger partial charge >= 0.3 is 12.1 Å². The summed E-state index contributed by atoms with van der Waals surface area (Å²) in [4.78, 5) is 36.6. The number of amides is 2. The molecule has 176 valence electrons. The molecule has 1 aliphatic carbocycles. The summed E-state index contributed by atoms with van der Waals surface area (Å²) in [5, 5.41) is 14.4. The molecule has 0 bridgehead atoms.